The molecule has 1 atom stereocenters. The van der Waals surface area contributed by atoms with Crippen LogP contribution in [0.15, 0.2) is 72.0 Å². The molecule has 0 fully saturated rings. The number of aromatic nitrogens is 2. The summed E-state index contributed by atoms with van der Waals surface area (Å²) in [6.45, 7) is 0.951. The lowest BCUT2D eigenvalue weighted by Gasteiger charge is -2.20. The third-order valence-electron chi connectivity index (χ3n) is 4.37. The Morgan fingerprint density at radius 2 is 2.00 bits per heavy atom. The molecule has 8 nitrogen and oxygen atoms in total. The third kappa shape index (κ3) is 6.42. The van der Waals surface area contributed by atoms with Gasteiger partial charge in [0.1, 0.15) is 0 Å². The first kappa shape index (κ1) is 23.6. The van der Waals surface area contributed by atoms with Gasteiger partial charge in [0.25, 0.3) is 5.69 Å². The first-order chi connectivity index (χ1) is 14.1. The highest BCUT2D eigenvalue weighted by molar-refractivity contribution is 14.0. The highest BCUT2D eigenvalue weighted by Crippen LogP contribution is 2.19. The van der Waals surface area contributed by atoms with Crippen LogP contribution in [-0.4, -0.2) is 34.3 Å². The summed E-state index contributed by atoms with van der Waals surface area (Å²) in [4.78, 5) is 14.8. The topological polar surface area (TPSA) is 97.4 Å². The number of nitro benzene ring substituents is 1. The molecule has 3 rings (SSSR count). The molecular formula is C20H22ClIN6O2. The first-order valence-corrected chi connectivity index (χ1v) is 9.37. The van der Waals surface area contributed by atoms with Crippen LogP contribution in [0.2, 0.25) is 5.02 Å². The van der Waals surface area contributed by atoms with E-state index in [0.717, 1.165) is 11.1 Å². The Labute approximate surface area is 196 Å². The summed E-state index contributed by atoms with van der Waals surface area (Å²) in [5.74, 6) is 0.586. The number of hydrogen-bond acceptors (Lipinski definition) is 4. The summed E-state index contributed by atoms with van der Waals surface area (Å²) in [5.41, 5.74) is 1.91. The fourth-order valence-corrected chi connectivity index (χ4v) is 3.02. The van der Waals surface area contributed by atoms with Gasteiger partial charge in [-0.2, -0.15) is 5.10 Å². The molecule has 10 heteroatoms. The van der Waals surface area contributed by atoms with E-state index >= 15 is 0 Å². The molecule has 0 aliphatic heterocycles. The van der Waals surface area contributed by atoms with Crippen LogP contribution >= 0.6 is 35.6 Å². The summed E-state index contributed by atoms with van der Waals surface area (Å²) >= 11 is 6.01. The summed E-state index contributed by atoms with van der Waals surface area (Å²) in [6.07, 6.45) is 3.64. The third-order valence-corrected chi connectivity index (χ3v) is 4.62. The van der Waals surface area contributed by atoms with E-state index in [-0.39, 0.29) is 35.7 Å². The van der Waals surface area contributed by atoms with E-state index in [4.69, 9.17) is 11.6 Å². The molecule has 0 amide bonds. The second-order valence-electron chi connectivity index (χ2n) is 6.29. The van der Waals surface area contributed by atoms with Crippen LogP contribution in [0.5, 0.6) is 0 Å². The molecule has 30 heavy (non-hydrogen) atoms. The largest absolute Gasteiger partial charge is 0.354 e. The number of nitro groups is 1. The van der Waals surface area contributed by atoms with Crippen LogP contribution < -0.4 is 10.6 Å². The van der Waals surface area contributed by atoms with Gasteiger partial charge in [0.15, 0.2) is 5.96 Å². The number of hydrogen-bond donors (Lipinski definition) is 2. The molecule has 0 aliphatic rings. The molecular weight excluding hydrogens is 519 g/mol. The zero-order valence-electron chi connectivity index (χ0n) is 16.2. The quantitative estimate of drug-likeness (QED) is 0.155. The van der Waals surface area contributed by atoms with Crippen LogP contribution in [0.3, 0.4) is 0 Å². The zero-order chi connectivity index (χ0) is 20.6. The van der Waals surface area contributed by atoms with Crippen molar-refractivity contribution in [3.8, 4) is 0 Å². The summed E-state index contributed by atoms with van der Waals surface area (Å²) < 4.78 is 1.87. The van der Waals surface area contributed by atoms with Crippen LogP contribution in [0.4, 0.5) is 5.69 Å². The van der Waals surface area contributed by atoms with Crippen LogP contribution in [0, 0.1) is 10.1 Å². The number of nitrogens with zero attached hydrogens (tertiary/aromatic N) is 4. The molecule has 3 aromatic rings. The number of halogens is 2. The second-order valence-corrected chi connectivity index (χ2v) is 6.72. The van der Waals surface area contributed by atoms with E-state index in [1.54, 1.807) is 25.4 Å². The minimum Gasteiger partial charge on any atom is -0.354 e. The number of aliphatic imine (C=N–C) groups is 1. The Bertz CT molecular complexity index is 979. The molecule has 1 heterocycles. The number of guanidine groups is 1. The SMILES string of the molecule is CN=C(NCc1cccc([N+](=O)[O-])c1)NCC(c1ccc(Cl)cc1)n1cccn1.I. The molecule has 0 bridgehead atoms. The molecule has 158 valence electrons. The Kier molecular flexibility index (Phi) is 9.06. The van der Waals surface area contributed by atoms with E-state index in [0.29, 0.717) is 24.1 Å². The molecule has 1 aromatic heterocycles. The lowest BCUT2D eigenvalue weighted by molar-refractivity contribution is -0.384. The molecule has 0 radical (unpaired) electrons. The van der Waals surface area contributed by atoms with Gasteiger partial charge in [-0.25, -0.2) is 0 Å². The van der Waals surface area contributed by atoms with Gasteiger partial charge in [-0.05, 0) is 29.3 Å². The predicted molar refractivity (Wildman–Crippen MR) is 129 cm³/mol. The standard InChI is InChI=1S/C20H21ClN6O2.HI/c1-22-20(23-13-15-4-2-5-18(12-15)27(28)29)24-14-19(26-11-3-10-25-26)16-6-8-17(21)9-7-16;/h2-12,19H,13-14H2,1H3,(H2,22,23,24);1H. The van der Waals surface area contributed by atoms with Gasteiger partial charge < -0.3 is 10.6 Å². The highest BCUT2D eigenvalue weighted by atomic mass is 127. The maximum Gasteiger partial charge on any atom is 0.269 e. The average molecular weight is 541 g/mol. The van der Waals surface area contributed by atoms with Crippen molar-refractivity contribution in [3.05, 3.63) is 93.3 Å². The van der Waals surface area contributed by atoms with Gasteiger partial charge >= 0.3 is 0 Å². The average Bonchev–Trinajstić information content (AvgIpc) is 3.26. The van der Waals surface area contributed by atoms with Gasteiger partial charge in [0, 0.05) is 49.7 Å². The molecule has 2 aromatic carbocycles. The van der Waals surface area contributed by atoms with Crippen molar-refractivity contribution in [2.24, 2.45) is 4.99 Å². The van der Waals surface area contributed by atoms with Gasteiger partial charge in [-0.3, -0.25) is 19.8 Å². The number of non-ortho nitro benzene ring substituents is 1. The smallest absolute Gasteiger partial charge is 0.269 e. The Balaban J connectivity index is 0.00000320. The van der Waals surface area contributed by atoms with E-state index in [9.17, 15) is 10.1 Å². The summed E-state index contributed by atoms with van der Waals surface area (Å²) in [7, 11) is 1.67. The van der Waals surface area contributed by atoms with Gasteiger partial charge in [0.2, 0.25) is 0 Å². The van der Waals surface area contributed by atoms with E-state index in [2.05, 4.69) is 20.7 Å². The van der Waals surface area contributed by atoms with Crippen LogP contribution in [-0.2, 0) is 6.54 Å². The lowest BCUT2D eigenvalue weighted by atomic mass is 10.1. The van der Waals surface area contributed by atoms with Gasteiger partial charge in [0.05, 0.1) is 11.0 Å². The van der Waals surface area contributed by atoms with E-state index in [1.165, 1.54) is 6.07 Å². The van der Waals surface area contributed by atoms with Gasteiger partial charge in [-0.15, -0.1) is 24.0 Å². The fraction of sp³-hybridized carbons (Fsp3) is 0.200. The molecule has 1 unspecified atom stereocenters. The van der Waals surface area contributed by atoms with Crippen molar-refractivity contribution in [2.45, 2.75) is 12.6 Å². The number of benzene rings is 2. The summed E-state index contributed by atoms with van der Waals surface area (Å²) in [6, 6.07) is 16.0. The Hall–Kier alpha value is -2.66. The van der Waals surface area contributed by atoms with Crippen LogP contribution in [0.25, 0.3) is 0 Å². The molecule has 2 N–H and O–H groups in total. The lowest BCUT2D eigenvalue weighted by Crippen LogP contribution is -2.40. The maximum absolute atomic E-state index is 10.9. The van der Waals surface area contributed by atoms with Crippen molar-refractivity contribution in [3.63, 3.8) is 0 Å². The molecule has 0 spiro atoms. The molecule has 0 saturated heterocycles. The van der Waals surface area contributed by atoms with E-state index < -0.39 is 4.92 Å². The molecule has 0 aliphatic carbocycles. The van der Waals surface area contributed by atoms with Crippen molar-refractivity contribution >= 4 is 47.2 Å². The number of rotatable bonds is 7. The second kappa shape index (κ2) is 11.5. The van der Waals surface area contributed by atoms with Crippen molar-refractivity contribution in [2.75, 3.05) is 13.6 Å². The van der Waals surface area contributed by atoms with Crippen molar-refractivity contribution < 1.29 is 4.92 Å². The van der Waals surface area contributed by atoms with Crippen LogP contribution in [0.1, 0.15) is 17.2 Å². The van der Waals surface area contributed by atoms with Crippen molar-refractivity contribution in [1.29, 1.82) is 0 Å². The minimum atomic E-state index is -0.405. The zero-order valence-corrected chi connectivity index (χ0v) is 19.3. The first-order valence-electron chi connectivity index (χ1n) is 8.99. The minimum absolute atomic E-state index is 0. The molecule has 0 saturated carbocycles. The number of nitrogens with one attached hydrogen (secondary N) is 2. The highest BCUT2D eigenvalue weighted by Gasteiger charge is 2.15. The van der Waals surface area contributed by atoms with Crippen molar-refractivity contribution in [1.82, 2.24) is 20.4 Å². The Morgan fingerprint density at radius 1 is 1.23 bits per heavy atom. The Morgan fingerprint density at radius 3 is 2.63 bits per heavy atom. The summed E-state index contributed by atoms with van der Waals surface area (Å²) in [5, 5.41) is 22.4. The normalized spacial score (nSPS) is 12.0. The monoisotopic (exact) mass is 540 g/mol. The van der Waals surface area contributed by atoms with E-state index in [1.807, 2.05) is 47.3 Å². The maximum atomic E-state index is 10.9. The fourth-order valence-electron chi connectivity index (χ4n) is 2.89. The van der Waals surface area contributed by atoms with Gasteiger partial charge in [-0.1, -0.05) is 35.9 Å². The predicted octanol–water partition coefficient (Wildman–Crippen LogP) is 4.02.